The molecule has 8 heteroatoms. The van der Waals surface area contributed by atoms with Crippen molar-refractivity contribution in [2.75, 3.05) is 39.6 Å². The highest BCUT2D eigenvalue weighted by Gasteiger charge is 2.32. The summed E-state index contributed by atoms with van der Waals surface area (Å²) in [6.45, 7) is 2.99. The summed E-state index contributed by atoms with van der Waals surface area (Å²) in [5, 5.41) is 11.8. The molecule has 0 radical (unpaired) electrons. The summed E-state index contributed by atoms with van der Waals surface area (Å²) in [6.07, 6.45) is 2.13. The Balaban J connectivity index is 1.10. The van der Waals surface area contributed by atoms with Crippen LogP contribution in [-0.4, -0.2) is 60.7 Å². The van der Waals surface area contributed by atoms with Gasteiger partial charge in [0.05, 0.1) is 6.61 Å². The van der Waals surface area contributed by atoms with Gasteiger partial charge in [-0.2, -0.15) is 0 Å². The molecule has 7 nitrogen and oxygen atoms in total. The first-order chi connectivity index (χ1) is 18.6. The lowest BCUT2D eigenvalue weighted by Gasteiger charge is -2.39. The number of benzene rings is 3. The van der Waals surface area contributed by atoms with Crippen molar-refractivity contribution in [2.24, 2.45) is 5.92 Å². The van der Waals surface area contributed by atoms with Crippen LogP contribution in [0, 0.1) is 11.7 Å². The van der Waals surface area contributed by atoms with Crippen LogP contribution in [-0.2, 0) is 0 Å². The van der Waals surface area contributed by atoms with Gasteiger partial charge in [-0.1, -0.05) is 18.2 Å². The summed E-state index contributed by atoms with van der Waals surface area (Å²) in [5.41, 5.74) is 2.11. The highest BCUT2D eigenvalue weighted by Crippen LogP contribution is 2.37. The third-order valence-electron chi connectivity index (χ3n) is 7.38. The fourth-order valence-electron chi connectivity index (χ4n) is 5.48. The Bertz CT molecular complexity index is 1370. The summed E-state index contributed by atoms with van der Waals surface area (Å²) < 4.78 is 36.7. The summed E-state index contributed by atoms with van der Waals surface area (Å²) >= 11 is 0. The van der Waals surface area contributed by atoms with Crippen molar-refractivity contribution in [1.29, 1.82) is 0 Å². The lowest BCUT2D eigenvalue weighted by atomic mass is 9.80. The predicted octanol–water partition coefficient (Wildman–Crippen LogP) is 4.96. The van der Waals surface area contributed by atoms with Gasteiger partial charge in [0.1, 0.15) is 30.0 Å². The molecule has 3 atom stereocenters. The number of H-pyrrole nitrogens is 1. The lowest BCUT2D eigenvalue weighted by Crippen LogP contribution is -2.45. The largest absolute Gasteiger partial charge is 0.493 e. The van der Waals surface area contributed by atoms with Crippen LogP contribution >= 0.6 is 0 Å². The number of halogens is 1. The molecule has 0 saturated carbocycles. The number of hydrogen-bond donors (Lipinski definition) is 2. The van der Waals surface area contributed by atoms with Crippen molar-refractivity contribution in [3.05, 3.63) is 84.3 Å². The molecule has 0 unspecified atom stereocenters. The number of aromatic nitrogens is 1. The predicted molar refractivity (Wildman–Crippen MR) is 142 cm³/mol. The number of hydrogen-bond acceptors (Lipinski definition) is 6. The average Bonchev–Trinajstić information content (AvgIpc) is 3.61. The van der Waals surface area contributed by atoms with Gasteiger partial charge in [-0.05, 0) is 66.9 Å². The standard InChI is InChI=1S/C30H31FN2O5/c31-22-6-4-20(5-7-22)25-11-13-33(15-21(25)17-35-24-8-9-29-30(14-24)38-19-37-29)16-23(34)18-36-28-3-1-2-27-26(28)10-12-32-27/h1-10,12,14,21,23,25,32,34H,11,13,15-19H2/t21-,23-,25-/m0/s1. The third kappa shape index (κ3) is 5.42. The molecule has 0 bridgehead atoms. The molecule has 0 spiro atoms. The number of aliphatic hydroxyl groups is 1. The van der Waals surface area contributed by atoms with Crippen LogP contribution in [0.3, 0.4) is 0 Å². The van der Waals surface area contributed by atoms with E-state index in [4.69, 9.17) is 18.9 Å². The first-order valence-corrected chi connectivity index (χ1v) is 13.0. The molecule has 3 heterocycles. The van der Waals surface area contributed by atoms with E-state index in [1.54, 1.807) is 0 Å². The minimum Gasteiger partial charge on any atom is -0.493 e. The fourth-order valence-corrected chi connectivity index (χ4v) is 5.48. The molecule has 1 aromatic heterocycles. The lowest BCUT2D eigenvalue weighted by molar-refractivity contribution is 0.0393. The summed E-state index contributed by atoms with van der Waals surface area (Å²) in [7, 11) is 0. The van der Waals surface area contributed by atoms with Crippen LogP contribution in [0.1, 0.15) is 17.9 Å². The molecular formula is C30H31FN2O5. The molecule has 2 N–H and O–H groups in total. The highest BCUT2D eigenvalue weighted by molar-refractivity contribution is 5.85. The molecule has 1 saturated heterocycles. The Kier molecular flexibility index (Phi) is 7.07. The van der Waals surface area contributed by atoms with Crippen molar-refractivity contribution >= 4 is 10.9 Å². The van der Waals surface area contributed by atoms with Crippen LogP contribution in [0.5, 0.6) is 23.0 Å². The van der Waals surface area contributed by atoms with Gasteiger partial charge in [-0.3, -0.25) is 0 Å². The molecule has 3 aromatic carbocycles. The minimum atomic E-state index is -0.637. The summed E-state index contributed by atoms with van der Waals surface area (Å²) in [5.74, 6) is 3.01. The maximum atomic E-state index is 13.6. The van der Waals surface area contributed by atoms with Gasteiger partial charge in [0.25, 0.3) is 0 Å². The van der Waals surface area contributed by atoms with Crippen molar-refractivity contribution in [1.82, 2.24) is 9.88 Å². The molecule has 0 amide bonds. The molecule has 6 rings (SSSR count). The van der Waals surface area contributed by atoms with Crippen molar-refractivity contribution in [3.63, 3.8) is 0 Å². The van der Waals surface area contributed by atoms with Crippen LogP contribution in [0.4, 0.5) is 4.39 Å². The number of rotatable bonds is 9. The van der Waals surface area contributed by atoms with Crippen molar-refractivity contribution in [2.45, 2.75) is 18.4 Å². The van der Waals surface area contributed by atoms with Gasteiger partial charge < -0.3 is 33.9 Å². The van der Waals surface area contributed by atoms with Gasteiger partial charge in [-0.15, -0.1) is 0 Å². The topological polar surface area (TPSA) is 76.2 Å². The number of aromatic amines is 1. The molecule has 1 fully saturated rings. The Morgan fingerprint density at radius 1 is 1.03 bits per heavy atom. The smallest absolute Gasteiger partial charge is 0.231 e. The van der Waals surface area contributed by atoms with E-state index >= 15 is 0 Å². The quantitative estimate of drug-likeness (QED) is 0.326. The average molecular weight is 519 g/mol. The zero-order valence-electron chi connectivity index (χ0n) is 21.0. The maximum Gasteiger partial charge on any atom is 0.231 e. The second-order valence-corrected chi connectivity index (χ2v) is 9.95. The van der Waals surface area contributed by atoms with Gasteiger partial charge in [0, 0.05) is 42.2 Å². The number of piperidine rings is 1. The van der Waals surface area contributed by atoms with Gasteiger partial charge in [-0.25, -0.2) is 4.39 Å². The number of nitrogens with zero attached hydrogens (tertiary/aromatic N) is 1. The van der Waals surface area contributed by atoms with E-state index in [0.717, 1.165) is 47.5 Å². The van der Waals surface area contributed by atoms with Gasteiger partial charge in [0.15, 0.2) is 11.5 Å². The van der Waals surface area contributed by atoms with Crippen LogP contribution in [0.15, 0.2) is 72.9 Å². The highest BCUT2D eigenvalue weighted by atomic mass is 19.1. The normalized spacial score (nSPS) is 19.9. The van der Waals surface area contributed by atoms with E-state index in [1.165, 1.54) is 12.1 Å². The zero-order valence-corrected chi connectivity index (χ0v) is 21.0. The molecule has 2 aliphatic heterocycles. The van der Waals surface area contributed by atoms with E-state index in [9.17, 15) is 9.50 Å². The SMILES string of the molecule is O[C@H](COc1cccc2[nH]ccc12)CN1CC[C@@H](c2ccc(F)cc2)[C@H](COc2ccc3c(c2)OCO3)C1. The number of β-amino-alcohol motifs (C(OH)–C–C–N with tert-alkyl or cyclic N) is 1. The Hall–Kier alpha value is -3.75. The number of nitrogens with one attached hydrogen (secondary N) is 1. The Morgan fingerprint density at radius 2 is 1.89 bits per heavy atom. The minimum absolute atomic E-state index is 0.154. The first-order valence-electron chi connectivity index (χ1n) is 13.0. The number of likely N-dealkylation sites (tertiary alicyclic amines) is 1. The Morgan fingerprint density at radius 3 is 2.79 bits per heavy atom. The number of aliphatic hydroxyl groups excluding tert-OH is 1. The Labute approximate surface area is 220 Å². The molecule has 4 aromatic rings. The van der Waals surface area contributed by atoms with Crippen molar-refractivity contribution in [3.8, 4) is 23.0 Å². The zero-order chi connectivity index (χ0) is 25.9. The second kappa shape index (κ2) is 10.9. The molecule has 2 aliphatic rings. The van der Waals surface area contributed by atoms with E-state index in [-0.39, 0.29) is 31.1 Å². The van der Waals surface area contributed by atoms with E-state index in [2.05, 4.69) is 9.88 Å². The van der Waals surface area contributed by atoms with Gasteiger partial charge >= 0.3 is 0 Å². The number of ether oxygens (including phenoxy) is 4. The monoisotopic (exact) mass is 518 g/mol. The molecular weight excluding hydrogens is 487 g/mol. The van der Waals surface area contributed by atoms with E-state index in [0.29, 0.717) is 24.7 Å². The second-order valence-electron chi connectivity index (χ2n) is 9.95. The molecule has 198 valence electrons. The summed E-state index contributed by atoms with van der Waals surface area (Å²) in [6, 6.07) is 20.2. The maximum absolute atomic E-state index is 13.6. The van der Waals surface area contributed by atoms with E-state index < -0.39 is 6.10 Å². The summed E-state index contributed by atoms with van der Waals surface area (Å²) in [4.78, 5) is 5.44. The van der Waals surface area contributed by atoms with E-state index in [1.807, 2.05) is 60.8 Å². The molecule has 38 heavy (non-hydrogen) atoms. The van der Waals surface area contributed by atoms with Gasteiger partial charge in [0.2, 0.25) is 6.79 Å². The van der Waals surface area contributed by atoms with Crippen LogP contribution in [0.25, 0.3) is 10.9 Å². The van der Waals surface area contributed by atoms with Crippen LogP contribution < -0.4 is 18.9 Å². The fraction of sp³-hybridized carbons (Fsp3) is 0.333. The van der Waals surface area contributed by atoms with Crippen molar-refractivity contribution < 1.29 is 28.4 Å². The molecule has 0 aliphatic carbocycles. The number of fused-ring (bicyclic) bond motifs is 2. The van der Waals surface area contributed by atoms with Crippen LogP contribution in [0.2, 0.25) is 0 Å². The third-order valence-corrected chi connectivity index (χ3v) is 7.38. The first kappa shape index (κ1) is 24.6.